The lowest BCUT2D eigenvalue weighted by atomic mass is 10.0. The molecule has 0 bridgehead atoms. The van der Waals surface area contributed by atoms with E-state index in [4.69, 9.17) is 0 Å². The highest BCUT2D eigenvalue weighted by Crippen LogP contribution is 2.26. The first-order valence-corrected chi connectivity index (χ1v) is 8.32. The van der Waals surface area contributed by atoms with E-state index in [1.54, 1.807) is 4.68 Å². The van der Waals surface area contributed by atoms with Crippen LogP contribution in [0.15, 0.2) is 71.7 Å². The summed E-state index contributed by atoms with van der Waals surface area (Å²) in [5.74, 6) is -0.734. The first kappa shape index (κ1) is 17.5. The Kier molecular flexibility index (Phi) is 5.17. The van der Waals surface area contributed by atoms with Gasteiger partial charge in [-0.15, -0.1) is 0 Å². The van der Waals surface area contributed by atoms with Crippen molar-refractivity contribution in [1.82, 2.24) is 9.78 Å². The van der Waals surface area contributed by atoms with Crippen molar-refractivity contribution >= 4 is 23.6 Å². The van der Waals surface area contributed by atoms with Crippen molar-refractivity contribution in [1.29, 1.82) is 0 Å². The van der Waals surface area contributed by atoms with Gasteiger partial charge in [0.1, 0.15) is 17.5 Å². The lowest BCUT2D eigenvalue weighted by molar-refractivity contribution is -0.127. The largest absolute Gasteiger partial charge is 0.299 e. The van der Waals surface area contributed by atoms with Gasteiger partial charge in [0.15, 0.2) is 5.82 Å². The fraction of sp³-hybridized carbons (Fsp3) is 0.143. The van der Waals surface area contributed by atoms with Crippen LogP contribution >= 0.6 is 0 Å². The molecule has 0 atom stereocenters. The zero-order valence-electron chi connectivity index (χ0n) is 14.7. The third kappa shape index (κ3) is 3.83. The molecule has 1 heterocycles. The van der Waals surface area contributed by atoms with Crippen LogP contribution in [0.25, 0.3) is 16.9 Å². The van der Waals surface area contributed by atoms with Crippen LogP contribution in [0.1, 0.15) is 13.8 Å². The van der Waals surface area contributed by atoms with Crippen LogP contribution in [-0.2, 0) is 9.59 Å². The van der Waals surface area contributed by atoms with Gasteiger partial charge in [-0.25, -0.2) is 9.67 Å². The van der Waals surface area contributed by atoms with Gasteiger partial charge in [-0.3, -0.25) is 9.59 Å². The maximum atomic E-state index is 11.7. The normalized spacial score (nSPS) is 11.2. The van der Waals surface area contributed by atoms with Crippen molar-refractivity contribution < 1.29 is 9.59 Å². The van der Waals surface area contributed by atoms with Crippen molar-refractivity contribution in [2.24, 2.45) is 10.9 Å². The van der Waals surface area contributed by atoms with E-state index in [9.17, 15) is 9.59 Å². The summed E-state index contributed by atoms with van der Waals surface area (Å²) in [6, 6.07) is 21.2. The van der Waals surface area contributed by atoms with Crippen molar-refractivity contribution in [2.45, 2.75) is 13.8 Å². The van der Waals surface area contributed by atoms with E-state index in [1.165, 1.54) is 20.1 Å². The topological polar surface area (TPSA) is 64.3 Å². The molecule has 0 aliphatic carbocycles. The van der Waals surface area contributed by atoms with E-state index in [1.807, 2.05) is 66.7 Å². The van der Waals surface area contributed by atoms with Crippen LogP contribution in [0, 0.1) is 5.92 Å². The quantitative estimate of drug-likeness (QED) is 0.500. The highest BCUT2D eigenvalue weighted by Gasteiger charge is 2.17. The Morgan fingerprint density at radius 2 is 1.54 bits per heavy atom. The number of hydrogen-bond acceptors (Lipinski definition) is 4. The van der Waals surface area contributed by atoms with E-state index >= 15 is 0 Å². The molecular formula is C21H19N3O2. The summed E-state index contributed by atoms with van der Waals surface area (Å²) in [6.45, 7) is 2.78. The number of Topliss-reactive ketones (excluding diaryl/α,β-unsaturated/α-hetero) is 2. The maximum Gasteiger partial charge on any atom is 0.155 e. The summed E-state index contributed by atoms with van der Waals surface area (Å²) in [6.07, 6.45) is 1.40. The van der Waals surface area contributed by atoms with Crippen molar-refractivity contribution in [3.63, 3.8) is 0 Å². The number of ketones is 2. The summed E-state index contributed by atoms with van der Waals surface area (Å²) in [4.78, 5) is 27.7. The molecule has 0 spiro atoms. The molecule has 5 nitrogen and oxygen atoms in total. The zero-order chi connectivity index (χ0) is 18.5. The number of rotatable bonds is 6. The van der Waals surface area contributed by atoms with Gasteiger partial charge in [-0.1, -0.05) is 48.5 Å². The predicted octanol–water partition coefficient (Wildman–Crippen LogP) is 4.04. The Labute approximate surface area is 152 Å². The van der Waals surface area contributed by atoms with Gasteiger partial charge in [0.2, 0.25) is 0 Å². The molecule has 0 unspecified atom stereocenters. The number of para-hydroxylation sites is 1. The summed E-state index contributed by atoms with van der Waals surface area (Å²) in [7, 11) is 0. The Morgan fingerprint density at radius 1 is 0.962 bits per heavy atom. The molecular weight excluding hydrogens is 326 g/mol. The second-order valence-electron chi connectivity index (χ2n) is 5.98. The van der Waals surface area contributed by atoms with Crippen LogP contribution in [0.2, 0.25) is 0 Å². The van der Waals surface area contributed by atoms with Gasteiger partial charge in [-0.2, -0.15) is 5.10 Å². The number of benzene rings is 2. The lowest BCUT2D eigenvalue weighted by Gasteiger charge is -2.05. The fourth-order valence-electron chi connectivity index (χ4n) is 2.62. The Balaban J connectivity index is 2.06. The smallest absolute Gasteiger partial charge is 0.155 e. The first-order chi connectivity index (χ1) is 12.6. The van der Waals surface area contributed by atoms with E-state index in [-0.39, 0.29) is 11.6 Å². The lowest BCUT2D eigenvalue weighted by Crippen LogP contribution is -2.20. The molecule has 130 valence electrons. The molecule has 0 aliphatic rings. The molecule has 0 saturated heterocycles. The second-order valence-corrected chi connectivity index (χ2v) is 5.98. The molecule has 0 saturated carbocycles. The van der Waals surface area contributed by atoms with Gasteiger partial charge in [0.25, 0.3) is 0 Å². The van der Waals surface area contributed by atoms with Crippen molar-refractivity contribution in [3.8, 4) is 16.9 Å². The second kappa shape index (κ2) is 7.70. The predicted molar refractivity (Wildman–Crippen MR) is 102 cm³/mol. The Hall–Kier alpha value is -3.34. The van der Waals surface area contributed by atoms with E-state index in [0.29, 0.717) is 5.82 Å². The molecule has 1 aromatic heterocycles. The van der Waals surface area contributed by atoms with Crippen LogP contribution in [0.3, 0.4) is 0 Å². The molecule has 5 heteroatoms. The van der Waals surface area contributed by atoms with Gasteiger partial charge in [0, 0.05) is 17.8 Å². The summed E-state index contributed by atoms with van der Waals surface area (Å²) >= 11 is 0. The number of carbonyl (C=O) groups excluding carboxylic acids is 2. The minimum absolute atomic E-state index is 0.227. The van der Waals surface area contributed by atoms with Crippen molar-refractivity contribution in [2.75, 3.05) is 0 Å². The monoisotopic (exact) mass is 345 g/mol. The van der Waals surface area contributed by atoms with Crippen LogP contribution < -0.4 is 0 Å². The molecule has 0 radical (unpaired) electrons. The number of nitrogens with zero attached hydrogens (tertiary/aromatic N) is 3. The van der Waals surface area contributed by atoms with E-state index in [0.717, 1.165) is 16.9 Å². The fourth-order valence-corrected chi connectivity index (χ4v) is 2.62. The van der Waals surface area contributed by atoms with Crippen molar-refractivity contribution in [3.05, 3.63) is 66.7 Å². The molecule has 3 aromatic rings. The minimum atomic E-state index is -0.839. The van der Waals surface area contributed by atoms with E-state index in [2.05, 4.69) is 10.1 Å². The van der Waals surface area contributed by atoms with Crippen LogP contribution in [-0.4, -0.2) is 27.6 Å². The molecule has 0 N–H and O–H groups in total. The average Bonchev–Trinajstić information content (AvgIpc) is 3.07. The highest BCUT2D eigenvalue weighted by molar-refractivity contribution is 6.13. The number of aromatic nitrogens is 2. The average molecular weight is 345 g/mol. The molecule has 0 amide bonds. The molecule has 0 fully saturated rings. The Morgan fingerprint density at radius 3 is 2.12 bits per heavy atom. The summed E-state index contributed by atoms with van der Waals surface area (Å²) in [5.41, 5.74) is 2.58. The first-order valence-electron chi connectivity index (χ1n) is 8.32. The van der Waals surface area contributed by atoms with Crippen LogP contribution in [0.4, 0.5) is 5.82 Å². The van der Waals surface area contributed by atoms with E-state index < -0.39 is 5.92 Å². The van der Waals surface area contributed by atoms with Gasteiger partial charge in [-0.05, 0) is 26.0 Å². The van der Waals surface area contributed by atoms with Gasteiger partial charge >= 0.3 is 0 Å². The zero-order valence-corrected chi connectivity index (χ0v) is 14.7. The number of hydrogen-bond donors (Lipinski definition) is 0. The third-order valence-corrected chi connectivity index (χ3v) is 3.99. The molecule has 26 heavy (non-hydrogen) atoms. The van der Waals surface area contributed by atoms with Gasteiger partial charge in [0.05, 0.1) is 11.4 Å². The molecule has 0 aliphatic heterocycles. The molecule has 3 rings (SSSR count). The molecule has 2 aromatic carbocycles. The summed E-state index contributed by atoms with van der Waals surface area (Å²) in [5, 5.41) is 4.65. The summed E-state index contributed by atoms with van der Waals surface area (Å²) < 4.78 is 1.70. The highest BCUT2D eigenvalue weighted by atomic mass is 16.1. The third-order valence-electron chi connectivity index (χ3n) is 3.99. The Bertz CT molecular complexity index is 930. The van der Waals surface area contributed by atoms with Crippen LogP contribution in [0.5, 0.6) is 0 Å². The van der Waals surface area contributed by atoms with Gasteiger partial charge < -0.3 is 0 Å². The standard InChI is InChI=1S/C21H19N3O2/c1-15(25)19(16(2)26)14-22-21-13-20(17-9-5-3-6-10-17)23-24(21)18-11-7-4-8-12-18/h3-14,19H,1-2H3. The maximum absolute atomic E-state index is 11.7. The number of aliphatic imine (C=N–C) groups is 1. The SMILES string of the molecule is CC(=O)C(C=Nc1cc(-c2ccccc2)nn1-c1ccccc1)C(C)=O. The number of carbonyl (C=O) groups is 2. The minimum Gasteiger partial charge on any atom is -0.299 e.